The van der Waals surface area contributed by atoms with Crippen LogP contribution in [-0.4, -0.2) is 14.5 Å². The van der Waals surface area contributed by atoms with Crippen molar-refractivity contribution in [2.24, 2.45) is 0 Å². The first kappa shape index (κ1) is 14.1. The molecule has 0 bridgehead atoms. The van der Waals surface area contributed by atoms with Gasteiger partial charge in [-0.15, -0.1) is 6.42 Å². The summed E-state index contributed by atoms with van der Waals surface area (Å²) in [5.74, 6) is 2.24. The number of halogens is 2. The summed E-state index contributed by atoms with van der Waals surface area (Å²) in [7, 11) is -3.86. The first-order valence-electron chi connectivity index (χ1n) is 4.51. The van der Waals surface area contributed by atoms with Crippen LogP contribution in [-0.2, 0) is 10.0 Å². The van der Waals surface area contributed by atoms with Gasteiger partial charge in [0.1, 0.15) is 4.90 Å². The van der Waals surface area contributed by atoms with Crippen LogP contribution in [0.15, 0.2) is 17.0 Å². The Morgan fingerprint density at radius 3 is 2.53 bits per heavy atom. The fourth-order valence-corrected chi connectivity index (χ4v) is 3.34. The van der Waals surface area contributed by atoms with Gasteiger partial charge in [0.25, 0.3) is 0 Å². The Labute approximate surface area is 110 Å². The zero-order chi connectivity index (χ0) is 13.2. The fourth-order valence-electron chi connectivity index (χ4n) is 1.19. The van der Waals surface area contributed by atoms with Crippen molar-refractivity contribution in [2.45, 2.75) is 17.9 Å². The molecule has 1 atom stereocenters. The maximum absolute atomic E-state index is 11.9. The highest BCUT2D eigenvalue weighted by Gasteiger charge is 2.23. The van der Waals surface area contributed by atoms with E-state index < -0.39 is 16.1 Å². The molecule has 0 saturated carbocycles. The molecule has 0 fully saturated rings. The van der Waals surface area contributed by atoms with E-state index >= 15 is 0 Å². The molecule has 1 aromatic rings. The minimum Gasteiger partial charge on any atom is -0.398 e. The summed E-state index contributed by atoms with van der Waals surface area (Å²) < 4.78 is 26.1. The van der Waals surface area contributed by atoms with Crippen LogP contribution in [0.4, 0.5) is 5.69 Å². The van der Waals surface area contributed by atoms with Gasteiger partial charge in [-0.1, -0.05) is 29.1 Å². The van der Waals surface area contributed by atoms with E-state index in [9.17, 15) is 8.42 Å². The van der Waals surface area contributed by atoms with Gasteiger partial charge in [-0.2, -0.15) is 4.72 Å². The molecule has 0 aromatic heterocycles. The maximum atomic E-state index is 11.9. The van der Waals surface area contributed by atoms with Crippen molar-refractivity contribution in [3.05, 3.63) is 22.2 Å². The van der Waals surface area contributed by atoms with Crippen molar-refractivity contribution in [3.8, 4) is 12.3 Å². The number of nitrogen functional groups attached to an aromatic ring is 1. The van der Waals surface area contributed by atoms with Crippen molar-refractivity contribution in [1.82, 2.24) is 4.72 Å². The molecule has 1 rings (SSSR count). The lowest BCUT2D eigenvalue weighted by Crippen LogP contribution is -2.32. The molecular formula is C10H10Cl2N2O2S. The number of rotatable bonds is 3. The van der Waals surface area contributed by atoms with Gasteiger partial charge in [-0.3, -0.25) is 0 Å². The predicted octanol–water partition coefficient (Wildman–Crippen LogP) is 1.88. The average molecular weight is 293 g/mol. The van der Waals surface area contributed by atoms with Crippen LogP contribution in [0.3, 0.4) is 0 Å². The van der Waals surface area contributed by atoms with Crippen LogP contribution in [0.5, 0.6) is 0 Å². The lowest BCUT2D eigenvalue weighted by Gasteiger charge is -2.12. The quantitative estimate of drug-likeness (QED) is 0.660. The van der Waals surface area contributed by atoms with Gasteiger partial charge >= 0.3 is 0 Å². The van der Waals surface area contributed by atoms with Crippen LogP contribution in [0.1, 0.15) is 6.92 Å². The molecule has 1 aromatic carbocycles. The Hall–Kier alpha value is -0.930. The molecule has 17 heavy (non-hydrogen) atoms. The largest absolute Gasteiger partial charge is 0.398 e. The number of sulfonamides is 1. The van der Waals surface area contributed by atoms with Crippen molar-refractivity contribution >= 4 is 38.9 Å². The van der Waals surface area contributed by atoms with Crippen LogP contribution in [0.2, 0.25) is 10.0 Å². The summed E-state index contributed by atoms with van der Waals surface area (Å²) in [4.78, 5) is -0.217. The van der Waals surface area contributed by atoms with Crippen LogP contribution in [0.25, 0.3) is 0 Å². The molecule has 0 spiro atoms. The van der Waals surface area contributed by atoms with Gasteiger partial charge in [-0.25, -0.2) is 8.42 Å². The van der Waals surface area contributed by atoms with E-state index in [2.05, 4.69) is 10.6 Å². The molecule has 3 N–H and O–H groups in total. The van der Waals surface area contributed by atoms with Gasteiger partial charge < -0.3 is 5.73 Å². The van der Waals surface area contributed by atoms with Gasteiger partial charge in [0.2, 0.25) is 10.0 Å². The Kier molecular flexibility index (Phi) is 4.28. The van der Waals surface area contributed by atoms with E-state index in [4.69, 9.17) is 35.4 Å². The van der Waals surface area contributed by atoms with Gasteiger partial charge in [0, 0.05) is 5.02 Å². The molecule has 0 radical (unpaired) electrons. The lowest BCUT2D eigenvalue weighted by molar-refractivity contribution is 0.578. The Balaban J connectivity index is 3.31. The van der Waals surface area contributed by atoms with E-state index in [0.717, 1.165) is 0 Å². The number of hydrogen-bond donors (Lipinski definition) is 2. The first-order valence-corrected chi connectivity index (χ1v) is 6.75. The van der Waals surface area contributed by atoms with Crippen LogP contribution >= 0.6 is 23.2 Å². The molecule has 0 aliphatic heterocycles. The van der Waals surface area contributed by atoms with E-state index in [0.29, 0.717) is 0 Å². The molecular weight excluding hydrogens is 283 g/mol. The number of terminal acetylenes is 1. The molecule has 0 aliphatic rings. The number of anilines is 1. The molecule has 7 heteroatoms. The van der Waals surface area contributed by atoms with Crippen molar-refractivity contribution in [2.75, 3.05) is 5.73 Å². The molecule has 0 aliphatic carbocycles. The number of hydrogen-bond acceptors (Lipinski definition) is 3. The summed E-state index contributed by atoms with van der Waals surface area (Å²) in [6.45, 7) is 1.53. The summed E-state index contributed by atoms with van der Waals surface area (Å²) in [6, 6.07) is 1.95. The predicted molar refractivity (Wildman–Crippen MR) is 69.5 cm³/mol. The van der Waals surface area contributed by atoms with Crippen molar-refractivity contribution in [1.29, 1.82) is 0 Å². The van der Waals surface area contributed by atoms with Gasteiger partial charge in [-0.05, 0) is 19.1 Å². The fraction of sp³-hybridized carbons (Fsp3) is 0.200. The minimum absolute atomic E-state index is 0.0285. The van der Waals surface area contributed by atoms with Crippen molar-refractivity contribution in [3.63, 3.8) is 0 Å². The number of nitrogens with two attached hydrogens (primary N) is 1. The Morgan fingerprint density at radius 2 is 2.06 bits per heavy atom. The topological polar surface area (TPSA) is 72.2 Å². The standard InChI is InChI=1S/C10H10Cl2N2O2S/c1-3-6(2)14-17(15,16)10-8(12)4-7(11)5-9(10)13/h1,4-6,14H,13H2,2H3. The average Bonchev–Trinajstić information content (AvgIpc) is 2.14. The highest BCUT2D eigenvalue weighted by molar-refractivity contribution is 7.89. The molecule has 92 valence electrons. The third kappa shape index (κ3) is 3.27. The summed E-state index contributed by atoms with van der Waals surface area (Å²) in [5.41, 5.74) is 5.56. The number of nitrogens with one attached hydrogen (secondary N) is 1. The van der Waals surface area contributed by atoms with E-state index in [-0.39, 0.29) is 20.6 Å². The SMILES string of the molecule is C#CC(C)NS(=O)(=O)c1c(N)cc(Cl)cc1Cl. The third-order valence-corrected chi connectivity index (χ3v) is 4.17. The zero-order valence-electron chi connectivity index (χ0n) is 8.87. The summed E-state index contributed by atoms with van der Waals surface area (Å²) in [5, 5.41) is 0.211. The molecule has 0 amide bonds. The molecule has 4 nitrogen and oxygen atoms in total. The highest BCUT2D eigenvalue weighted by Crippen LogP contribution is 2.30. The summed E-state index contributed by atoms with van der Waals surface area (Å²) in [6.07, 6.45) is 5.10. The normalized spacial score (nSPS) is 13.1. The lowest BCUT2D eigenvalue weighted by atomic mass is 10.3. The van der Waals surface area contributed by atoms with E-state index in [1.165, 1.54) is 19.1 Å². The van der Waals surface area contributed by atoms with Crippen molar-refractivity contribution < 1.29 is 8.42 Å². The molecule has 0 heterocycles. The molecule has 1 unspecified atom stereocenters. The monoisotopic (exact) mass is 292 g/mol. The molecule has 0 saturated heterocycles. The van der Waals surface area contributed by atoms with Crippen LogP contribution < -0.4 is 10.5 Å². The zero-order valence-corrected chi connectivity index (χ0v) is 11.2. The Morgan fingerprint density at radius 1 is 1.47 bits per heavy atom. The first-order chi connectivity index (χ1) is 7.77. The third-order valence-electron chi connectivity index (χ3n) is 1.89. The highest BCUT2D eigenvalue weighted by atomic mass is 35.5. The number of benzene rings is 1. The smallest absolute Gasteiger partial charge is 0.245 e. The van der Waals surface area contributed by atoms with Gasteiger partial charge in [0.15, 0.2) is 0 Å². The minimum atomic E-state index is -3.86. The van der Waals surface area contributed by atoms with E-state index in [1.807, 2.05) is 0 Å². The Bertz CT molecular complexity index is 555. The van der Waals surface area contributed by atoms with Crippen LogP contribution in [0, 0.1) is 12.3 Å². The second-order valence-electron chi connectivity index (χ2n) is 3.32. The van der Waals surface area contributed by atoms with E-state index in [1.54, 1.807) is 0 Å². The summed E-state index contributed by atoms with van der Waals surface area (Å²) >= 11 is 11.5. The second-order valence-corrected chi connectivity index (χ2v) is 5.81. The maximum Gasteiger partial charge on any atom is 0.245 e. The second kappa shape index (κ2) is 5.15. The van der Waals surface area contributed by atoms with Gasteiger partial charge in [0.05, 0.1) is 16.8 Å².